The van der Waals surface area contributed by atoms with E-state index in [0.717, 1.165) is 0 Å². The number of rotatable bonds is 11. The first kappa shape index (κ1) is 33.4. The largest absolute Gasteiger partial charge is 0.493 e. The average Bonchev–Trinajstić information content (AvgIpc) is 3.44. The summed E-state index contributed by atoms with van der Waals surface area (Å²) in [6.07, 6.45) is 3.13. The van der Waals surface area contributed by atoms with Crippen molar-refractivity contribution in [3.63, 3.8) is 0 Å². The fraction of sp³-hybridized carbons (Fsp3) is 0.600. The van der Waals surface area contributed by atoms with Crippen LogP contribution in [0.25, 0.3) is 0 Å². The lowest BCUT2D eigenvalue weighted by atomic mass is 9.76. The van der Waals surface area contributed by atoms with E-state index in [1.165, 1.54) is 25.3 Å². The lowest BCUT2D eigenvalue weighted by Gasteiger charge is -2.46. The summed E-state index contributed by atoms with van der Waals surface area (Å²) in [6.45, 7) is 4.36. The first-order valence-electron chi connectivity index (χ1n) is 14.8. The molecule has 2 fully saturated rings. The van der Waals surface area contributed by atoms with E-state index in [0.29, 0.717) is 56.9 Å². The van der Waals surface area contributed by atoms with Gasteiger partial charge in [-0.25, -0.2) is 4.68 Å². The summed E-state index contributed by atoms with van der Waals surface area (Å²) in [4.78, 5) is 42.7. The quantitative estimate of drug-likeness (QED) is 0.359. The molecule has 0 saturated carbocycles. The molecule has 242 valence electrons. The van der Waals surface area contributed by atoms with E-state index in [4.69, 9.17) is 16.3 Å². The Bertz CT molecular complexity index is 1350. The van der Waals surface area contributed by atoms with Crippen molar-refractivity contribution in [1.82, 2.24) is 19.6 Å². The first-order valence-corrected chi connectivity index (χ1v) is 15.2. The number of benzene rings is 1. The van der Waals surface area contributed by atoms with Crippen molar-refractivity contribution < 1.29 is 37.7 Å². The number of carbonyl (C=O) groups excluding carboxylic acids is 2. The van der Waals surface area contributed by atoms with Crippen LogP contribution in [0.5, 0.6) is 11.5 Å². The number of aromatic nitrogens is 2. The molecule has 1 aromatic carbocycles. The zero-order valence-electron chi connectivity index (χ0n) is 25.4. The average molecular weight is 640 g/mol. The van der Waals surface area contributed by atoms with Crippen LogP contribution in [0.2, 0.25) is 5.02 Å². The van der Waals surface area contributed by atoms with Crippen molar-refractivity contribution in [2.75, 3.05) is 45.2 Å². The molecular weight excluding hydrogens is 600 g/mol. The predicted octanol–water partition coefficient (Wildman–Crippen LogP) is 4.80. The minimum absolute atomic E-state index is 0.0103. The zero-order chi connectivity index (χ0) is 32.2. The summed E-state index contributed by atoms with van der Waals surface area (Å²) in [5.74, 6) is -1.20. The number of amides is 2. The standard InChI is InChI=1S/C30H40ClF2N5O6/c1-5-24(39)37-14-8-29(9-15-37,27(41)42)18-36-12-10-30(11-13-36,38-25(19(2)3)23(43-4)17-34-38)26(40)35-21-7-6-20(31)16-22(21)44-28(32)33/h6-7,16-17,19,28H,5,8-15,18H2,1-4H3,(H,35,40)(H,41,42). The van der Waals surface area contributed by atoms with Gasteiger partial charge >= 0.3 is 12.6 Å². The van der Waals surface area contributed by atoms with E-state index in [1.807, 2.05) is 18.7 Å². The molecule has 2 N–H and O–H groups in total. The molecule has 2 aliphatic rings. The number of aliphatic carboxylic acids is 1. The van der Waals surface area contributed by atoms with Crippen LogP contribution in [-0.4, -0.2) is 88.9 Å². The molecule has 0 aliphatic carbocycles. The Morgan fingerprint density at radius 1 is 1.09 bits per heavy atom. The van der Waals surface area contributed by atoms with Crippen LogP contribution in [0.1, 0.15) is 64.5 Å². The number of methoxy groups -OCH3 is 1. The Balaban J connectivity index is 1.63. The molecule has 44 heavy (non-hydrogen) atoms. The number of nitrogens with zero attached hydrogens (tertiary/aromatic N) is 4. The van der Waals surface area contributed by atoms with Crippen LogP contribution >= 0.6 is 11.6 Å². The molecule has 2 amide bonds. The molecule has 4 rings (SSSR count). The summed E-state index contributed by atoms with van der Waals surface area (Å²) in [5.41, 5.74) is -1.53. The van der Waals surface area contributed by atoms with Crippen LogP contribution in [0.4, 0.5) is 14.5 Å². The molecule has 2 aliphatic heterocycles. The molecular formula is C30H40ClF2N5O6. The highest BCUT2D eigenvalue weighted by atomic mass is 35.5. The number of piperidine rings is 2. The van der Waals surface area contributed by atoms with Crippen LogP contribution in [-0.2, 0) is 19.9 Å². The van der Waals surface area contributed by atoms with Gasteiger partial charge in [0.05, 0.1) is 30.1 Å². The Morgan fingerprint density at radius 2 is 1.75 bits per heavy atom. The highest BCUT2D eigenvalue weighted by Gasteiger charge is 2.49. The molecule has 1 aromatic heterocycles. The van der Waals surface area contributed by atoms with E-state index in [-0.39, 0.29) is 47.7 Å². The Labute approximate surface area is 260 Å². The minimum Gasteiger partial charge on any atom is -0.493 e. The molecule has 2 aromatic rings. The van der Waals surface area contributed by atoms with Crippen LogP contribution in [0.3, 0.4) is 0 Å². The number of carbonyl (C=O) groups is 3. The predicted molar refractivity (Wildman–Crippen MR) is 159 cm³/mol. The molecule has 3 heterocycles. The maximum absolute atomic E-state index is 14.2. The maximum atomic E-state index is 14.2. The third kappa shape index (κ3) is 6.78. The lowest BCUT2D eigenvalue weighted by molar-refractivity contribution is -0.156. The number of likely N-dealkylation sites (tertiary alicyclic amines) is 2. The summed E-state index contributed by atoms with van der Waals surface area (Å²) >= 11 is 6.01. The summed E-state index contributed by atoms with van der Waals surface area (Å²) in [7, 11) is 1.52. The van der Waals surface area contributed by atoms with E-state index < -0.39 is 29.4 Å². The Kier molecular flexibility index (Phi) is 10.4. The van der Waals surface area contributed by atoms with Gasteiger partial charge in [0.1, 0.15) is 5.54 Å². The SMILES string of the molecule is CCC(=O)N1CCC(CN2CCC(C(=O)Nc3ccc(Cl)cc3OC(F)F)(n3ncc(OC)c3C(C)C)CC2)(C(=O)O)CC1. The second-order valence-corrected chi connectivity index (χ2v) is 12.2. The van der Waals surface area contributed by atoms with Crippen molar-refractivity contribution in [2.45, 2.75) is 70.9 Å². The van der Waals surface area contributed by atoms with Gasteiger partial charge in [-0.15, -0.1) is 0 Å². The van der Waals surface area contributed by atoms with Crippen molar-refractivity contribution >= 4 is 35.1 Å². The molecule has 11 nitrogen and oxygen atoms in total. The zero-order valence-corrected chi connectivity index (χ0v) is 26.2. The molecule has 0 spiro atoms. The highest BCUT2D eigenvalue weighted by molar-refractivity contribution is 6.30. The molecule has 0 atom stereocenters. The van der Waals surface area contributed by atoms with Gasteiger partial charge in [0, 0.05) is 50.2 Å². The second kappa shape index (κ2) is 13.7. The summed E-state index contributed by atoms with van der Waals surface area (Å²) in [5, 5.41) is 17.8. The lowest BCUT2D eigenvalue weighted by Crippen LogP contribution is -2.57. The van der Waals surface area contributed by atoms with Gasteiger partial charge < -0.3 is 29.7 Å². The molecule has 2 saturated heterocycles. The number of carboxylic acid groups (broad SMARTS) is 1. The Morgan fingerprint density at radius 3 is 2.30 bits per heavy atom. The van der Waals surface area contributed by atoms with Crippen LogP contribution in [0, 0.1) is 5.41 Å². The number of hydrogen-bond acceptors (Lipinski definition) is 7. The van der Waals surface area contributed by atoms with E-state index in [2.05, 4.69) is 15.2 Å². The first-order chi connectivity index (χ1) is 20.9. The van der Waals surface area contributed by atoms with Gasteiger partial charge in [0.25, 0.3) is 5.91 Å². The second-order valence-electron chi connectivity index (χ2n) is 11.8. The van der Waals surface area contributed by atoms with Crippen molar-refractivity contribution in [3.05, 3.63) is 35.1 Å². The fourth-order valence-electron chi connectivity index (χ4n) is 6.29. The number of alkyl halides is 2. The summed E-state index contributed by atoms with van der Waals surface area (Å²) in [6, 6.07) is 4.08. The van der Waals surface area contributed by atoms with Gasteiger partial charge in [0.15, 0.2) is 11.5 Å². The van der Waals surface area contributed by atoms with Crippen molar-refractivity contribution in [3.8, 4) is 11.5 Å². The van der Waals surface area contributed by atoms with Crippen molar-refractivity contribution in [2.24, 2.45) is 5.41 Å². The molecule has 0 radical (unpaired) electrons. The van der Waals surface area contributed by atoms with Gasteiger partial charge in [-0.05, 0) is 43.7 Å². The smallest absolute Gasteiger partial charge is 0.387 e. The third-order valence-corrected chi connectivity index (χ3v) is 9.05. The van der Waals surface area contributed by atoms with Gasteiger partial charge in [-0.1, -0.05) is 32.4 Å². The normalized spacial score (nSPS) is 18.3. The third-order valence-electron chi connectivity index (χ3n) is 8.81. The maximum Gasteiger partial charge on any atom is 0.387 e. The Hall–Kier alpha value is -3.45. The van der Waals surface area contributed by atoms with E-state index >= 15 is 0 Å². The van der Waals surface area contributed by atoms with E-state index in [9.17, 15) is 28.3 Å². The van der Waals surface area contributed by atoms with E-state index in [1.54, 1.807) is 22.7 Å². The van der Waals surface area contributed by atoms with Crippen LogP contribution in [0.15, 0.2) is 24.4 Å². The number of hydrogen-bond donors (Lipinski definition) is 2. The van der Waals surface area contributed by atoms with Gasteiger partial charge in [-0.2, -0.15) is 13.9 Å². The number of nitrogens with one attached hydrogen (secondary N) is 1. The van der Waals surface area contributed by atoms with Gasteiger partial charge in [-0.3, -0.25) is 14.4 Å². The molecule has 0 bridgehead atoms. The number of carboxylic acids is 1. The van der Waals surface area contributed by atoms with Gasteiger partial charge in [0.2, 0.25) is 5.91 Å². The number of halogens is 3. The summed E-state index contributed by atoms with van der Waals surface area (Å²) < 4.78 is 38.2. The topological polar surface area (TPSA) is 126 Å². The molecule has 14 heteroatoms. The van der Waals surface area contributed by atoms with Crippen molar-refractivity contribution in [1.29, 1.82) is 0 Å². The minimum atomic E-state index is -3.13. The molecule has 0 unspecified atom stereocenters. The van der Waals surface area contributed by atoms with Crippen LogP contribution < -0.4 is 14.8 Å². The fourth-order valence-corrected chi connectivity index (χ4v) is 6.46. The number of ether oxygens (including phenoxy) is 2. The highest BCUT2D eigenvalue weighted by Crippen LogP contribution is 2.41. The number of anilines is 1. The monoisotopic (exact) mass is 639 g/mol.